The summed E-state index contributed by atoms with van der Waals surface area (Å²) in [4.78, 5) is 0. The number of rotatable bonds is 4. The van der Waals surface area contributed by atoms with Gasteiger partial charge in [0.15, 0.2) is 9.84 Å². The molecule has 0 bridgehead atoms. The molecule has 0 aliphatic carbocycles. The van der Waals surface area contributed by atoms with Crippen LogP contribution in [-0.2, 0) is 9.84 Å². The van der Waals surface area contributed by atoms with E-state index in [1.807, 2.05) is 32.2 Å². The Balaban J connectivity index is 1.83. The zero-order valence-corrected chi connectivity index (χ0v) is 13.2. The van der Waals surface area contributed by atoms with Gasteiger partial charge in [-0.2, -0.15) is 0 Å². The second kappa shape index (κ2) is 5.46. The number of para-hydroxylation sites is 1. The van der Waals surface area contributed by atoms with Gasteiger partial charge in [-0.3, -0.25) is 0 Å². The average molecular weight is 307 g/mol. The van der Waals surface area contributed by atoms with E-state index in [0.29, 0.717) is 11.5 Å². The van der Waals surface area contributed by atoms with Gasteiger partial charge in [-0.1, -0.05) is 18.2 Å². The molecule has 1 fully saturated rings. The number of sulfone groups is 1. The minimum absolute atomic E-state index is 0.0649. The quantitative estimate of drug-likeness (QED) is 0.943. The number of benzene rings is 1. The monoisotopic (exact) mass is 307 g/mol. The van der Waals surface area contributed by atoms with Crippen molar-refractivity contribution in [2.24, 2.45) is 5.92 Å². The first kappa shape index (κ1) is 14.6. The van der Waals surface area contributed by atoms with E-state index in [0.717, 1.165) is 35.1 Å². The Morgan fingerprint density at radius 2 is 2.24 bits per heavy atom. The zero-order valence-electron chi connectivity index (χ0n) is 12.4. The zero-order chi connectivity index (χ0) is 15.0. The number of fused-ring (bicyclic) bond motifs is 1. The lowest BCUT2D eigenvalue weighted by molar-refractivity contribution is 0.379. The van der Waals surface area contributed by atoms with Crippen molar-refractivity contribution in [2.75, 3.05) is 18.6 Å². The van der Waals surface area contributed by atoms with Crippen molar-refractivity contribution in [2.45, 2.75) is 25.8 Å². The maximum Gasteiger partial charge on any atom is 0.150 e. The van der Waals surface area contributed by atoms with Crippen LogP contribution < -0.4 is 5.32 Å². The summed E-state index contributed by atoms with van der Waals surface area (Å²) < 4.78 is 29.2. The van der Waals surface area contributed by atoms with Crippen LogP contribution in [0.2, 0.25) is 0 Å². The van der Waals surface area contributed by atoms with E-state index in [1.165, 1.54) is 0 Å². The van der Waals surface area contributed by atoms with Gasteiger partial charge in [-0.05, 0) is 44.4 Å². The van der Waals surface area contributed by atoms with Gasteiger partial charge in [-0.15, -0.1) is 0 Å². The molecule has 114 valence electrons. The van der Waals surface area contributed by atoms with E-state index in [9.17, 15) is 8.42 Å². The van der Waals surface area contributed by atoms with Crippen LogP contribution >= 0.6 is 0 Å². The standard InChI is InChI=1S/C16H21NO3S/c1-11-4-3-5-13-9-15(20-16(11)13)14(17-2)8-12-6-7-21(18,19)10-12/h3-5,9,12,14,17H,6-8,10H2,1-2H3. The first-order valence-electron chi connectivity index (χ1n) is 7.35. The van der Waals surface area contributed by atoms with Gasteiger partial charge in [-0.25, -0.2) is 8.42 Å². The van der Waals surface area contributed by atoms with Crippen LogP contribution in [0.4, 0.5) is 0 Å². The molecule has 2 aromatic rings. The maximum atomic E-state index is 11.6. The van der Waals surface area contributed by atoms with E-state index in [2.05, 4.69) is 11.4 Å². The van der Waals surface area contributed by atoms with Crippen molar-refractivity contribution in [3.8, 4) is 0 Å². The van der Waals surface area contributed by atoms with E-state index < -0.39 is 9.84 Å². The Bertz CT molecular complexity index is 748. The van der Waals surface area contributed by atoms with Crippen molar-refractivity contribution < 1.29 is 12.8 Å². The van der Waals surface area contributed by atoms with Gasteiger partial charge in [0.25, 0.3) is 0 Å². The van der Waals surface area contributed by atoms with Crippen molar-refractivity contribution >= 4 is 20.8 Å². The number of furan rings is 1. The fourth-order valence-electron chi connectivity index (χ4n) is 3.17. The lowest BCUT2D eigenvalue weighted by Crippen LogP contribution is -2.20. The fourth-order valence-corrected chi connectivity index (χ4v) is 5.05. The third kappa shape index (κ3) is 2.99. The lowest BCUT2D eigenvalue weighted by atomic mass is 9.98. The van der Waals surface area contributed by atoms with Gasteiger partial charge in [0.2, 0.25) is 0 Å². The first-order chi connectivity index (χ1) is 9.98. The largest absolute Gasteiger partial charge is 0.459 e. The molecule has 1 aliphatic heterocycles. The highest BCUT2D eigenvalue weighted by Gasteiger charge is 2.30. The predicted octanol–water partition coefficient (Wildman–Crippen LogP) is 2.83. The highest BCUT2D eigenvalue weighted by molar-refractivity contribution is 7.91. The van der Waals surface area contributed by atoms with Crippen LogP contribution in [0.1, 0.15) is 30.2 Å². The summed E-state index contributed by atoms with van der Waals surface area (Å²) in [5.74, 6) is 1.76. The van der Waals surface area contributed by atoms with Crippen molar-refractivity contribution in [3.63, 3.8) is 0 Å². The molecule has 0 spiro atoms. The molecule has 21 heavy (non-hydrogen) atoms. The third-order valence-corrected chi connectivity index (χ3v) is 6.18. The molecule has 3 rings (SSSR count). The number of hydrogen-bond acceptors (Lipinski definition) is 4. The van der Waals surface area contributed by atoms with Gasteiger partial charge < -0.3 is 9.73 Å². The summed E-state index contributed by atoms with van der Waals surface area (Å²) in [5, 5.41) is 4.37. The van der Waals surface area contributed by atoms with Crippen LogP contribution in [-0.4, -0.2) is 27.0 Å². The summed E-state index contributed by atoms with van der Waals surface area (Å²) in [7, 11) is -0.924. The molecule has 1 aromatic heterocycles. The molecule has 2 atom stereocenters. The Morgan fingerprint density at radius 3 is 2.86 bits per heavy atom. The molecule has 2 unspecified atom stereocenters. The normalized spacial score (nSPS) is 22.7. The molecule has 1 aliphatic rings. The summed E-state index contributed by atoms with van der Waals surface area (Å²) in [6.45, 7) is 2.04. The molecule has 1 aromatic carbocycles. The van der Waals surface area contributed by atoms with Crippen LogP contribution in [0.25, 0.3) is 11.0 Å². The Hall–Kier alpha value is -1.33. The van der Waals surface area contributed by atoms with Gasteiger partial charge in [0.1, 0.15) is 11.3 Å². The van der Waals surface area contributed by atoms with E-state index in [-0.39, 0.29) is 12.0 Å². The Labute approximate surface area is 125 Å². The minimum atomic E-state index is -2.82. The summed E-state index contributed by atoms with van der Waals surface area (Å²) in [5.41, 5.74) is 2.05. The summed E-state index contributed by atoms with van der Waals surface area (Å²) >= 11 is 0. The van der Waals surface area contributed by atoms with E-state index in [4.69, 9.17) is 4.42 Å². The van der Waals surface area contributed by atoms with Gasteiger partial charge in [0, 0.05) is 5.39 Å². The SMILES string of the molecule is CNC(CC1CCS(=O)(=O)C1)c1cc2cccc(C)c2o1. The summed E-state index contributed by atoms with van der Waals surface area (Å²) in [6.07, 6.45) is 1.56. The molecular weight excluding hydrogens is 286 g/mol. The topological polar surface area (TPSA) is 59.3 Å². The van der Waals surface area contributed by atoms with Crippen molar-refractivity contribution in [1.29, 1.82) is 0 Å². The molecular formula is C16H21NO3S. The van der Waals surface area contributed by atoms with E-state index >= 15 is 0 Å². The molecule has 5 heteroatoms. The molecule has 0 amide bonds. The van der Waals surface area contributed by atoms with Crippen molar-refractivity contribution in [3.05, 3.63) is 35.6 Å². The lowest BCUT2D eigenvalue weighted by Gasteiger charge is -2.17. The second-order valence-electron chi connectivity index (χ2n) is 5.99. The highest BCUT2D eigenvalue weighted by atomic mass is 32.2. The molecule has 0 radical (unpaired) electrons. The highest BCUT2D eigenvalue weighted by Crippen LogP contribution is 2.32. The van der Waals surface area contributed by atoms with Gasteiger partial charge in [0.05, 0.1) is 17.5 Å². The van der Waals surface area contributed by atoms with Crippen LogP contribution in [0.15, 0.2) is 28.7 Å². The third-order valence-electron chi connectivity index (χ3n) is 4.35. The summed E-state index contributed by atoms with van der Waals surface area (Å²) in [6, 6.07) is 8.23. The van der Waals surface area contributed by atoms with Crippen LogP contribution in [0.3, 0.4) is 0 Å². The average Bonchev–Trinajstić information content (AvgIpc) is 3.00. The second-order valence-corrected chi connectivity index (χ2v) is 8.22. The number of hydrogen-bond donors (Lipinski definition) is 1. The number of aryl methyl sites for hydroxylation is 1. The first-order valence-corrected chi connectivity index (χ1v) is 9.17. The minimum Gasteiger partial charge on any atom is -0.459 e. The van der Waals surface area contributed by atoms with Crippen LogP contribution in [0.5, 0.6) is 0 Å². The maximum absolute atomic E-state index is 11.6. The fraction of sp³-hybridized carbons (Fsp3) is 0.500. The smallest absolute Gasteiger partial charge is 0.150 e. The molecule has 1 saturated heterocycles. The van der Waals surface area contributed by atoms with Crippen LogP contribution in [0, 0.1) is 12.8 Å². The van der Waals surface area contributed by atoms with Gasteiger partial charge >= 0.3 is 0 Å². The van der Waals surface area contributed by atoms with Crippen molar-refractivity contribution in [1.82, 2.24) is 5.32 Å². The molecule has 0 saturated carbocycles. The molecule has 4 nitrogen and oxygen atoms in total. The Kier molecular flexibility index (Phi) is 3.80. The van der Waals surface area contributed by atoms with E-state index in [1.54, 1.807) is 0 Å². The number of nitrogens with one attached hydrogen (secondary N) is 1. The Morgan fingerprint density at radius 1 is 1.43 bits per heavy atom. The predicted molar refractivity (Wildman–Crippen MR) is 84.1 cm³/mol. The molecule has 2 heterocycles. The molecule has 1 N–H and O–H groups in total.